The van der Waals surface area contributed by atoms with Crippen LogP contribution in [0.15, 0.2) is 18.2 Å². The van der Waals surface area contributed by atoms with Crippen LogP contribution in [-0.2, 0) is 6.54 Å². The van der Waals surface area contributed by atoms with Crippen LogP contribution in [0.2, 0.25) is 0 Å². The van der Waals surface area contributed by atoms with Crippen molar-refractivity contribution in [3.8, 4) is 6.07 Å². The summed E-state index contributed by atoms with van der Waals surface area (Å²) in [4.78, 5) is 4.38. The van der Waals surface area contributed by atoms with E-state index in [1.54, 1.807) is 6.07 Å². The number of anilines is 1. The normalized spacial score (nSPS) is 22.3. The quantitative estimate of drug-likeness (QED) is 0.933. The monoisotopic (exact) mass is 282 g/mol. The Labute approximate surface area is 125 Å². The second kappa shape index (κ2) is 5.77. The predicted octanol–water partition coefficient (Wildman–Crippen LogP) is 3.71. The molecule has 110 valence electrons. The van der Waals surface area contributed by atoms with E-state index >= 15 is 0 Å². The lowest BCUT2D eigenvalue weighted by molar-refractivity contribution is 0.262. The van der Waals surface area contributed by atoms with Gasteiger partial charge in [0.2, 0.25) is 5.95 Å². The highest BCUT2D eigenvalue weighted by Crippen LogP contribution is 2.32. The van der Waals surface area contributed by atoms with E-state index in [0.717, 1.165) is 35.8 Å². The Morgan fingerprint density at radius 1 is 1.43 bits per heavy atom. The zero-order chi connectivity index (χ0) is 14.8. The minimum Gasteiger partial charge on any atom is -0.369 e. The molecule has 0 saturated heterocycles. The first-order valence-corrected chi connectivity index (χ1v) is 7.84. The number of para-hydroxylation sites is 1. The summed E-state index contributed by atoms with van der Waals surface area (Å²) in [6.45, 7) is 3.25. The molecule has 1 heterocycles. The van der Waals surface area contributed by atoms with Crippen molar-refractivity contribution in [1.29, 1.82) is 5.26 Å². The number of fused-ring (bicyclic) bond motifs is 1. The van der Waals surface area contributed by atoms with E-state index in [9.17, 15) is 0 Å². The maximum Gasteiger partial charge on any atom is 0.201 e. The van der Waals surface area contributed by atoms with Crippen LogP contribution in [0.5, 0.6) is 0 Å². The van der Waals surface area contributed by atoms with Gasteiger partial charge in [-0.2, -0.15) is 5.26 Å². The summed E-state index contributed by atoms with van der Waals surface area (Å²) in [6.07, 6.45) is 6.54. The Bertz CT molecular complexity index is 680. The molecule has 2 N–H and O–H groups in total. The van der Waals surface area contributed by atoms with Gasteiger partial charge in [0.15, 0.2) is 0 Å². The second-order valence-electron chi connectivity index (χ2n) is 6.33. The SMILES string of the molecule is CC1CCCC(CCn2c(N)nc3c(C#N)cccc32)C1. The van der Waals surface area contributed by atoms with Gasteiger partial charge < -0.3 is 10.3 Å². The molecule has 2 aromatic rings. The smallest absolute Gasteiger partial charge is 0.201 e. The highest BCUT2D eigenvalue weighted by Gasteiger charge is 2.19. The fourth-order valence-electron chi connectivity index (χ4n) is 3.62. The number of nitrogens with zero attached hydrogens (tertiary/aromatic N) is 3. The summed E-state index contributed by atoms with van der Waals surface area (Å²) in [5.74, 6) is 2.17. The number of hydrogen-bond acceptors (Lipinski definition) is 3. The Morgan fingerprint density at radius 2 is 2.29 bits per heavy atom. The third kappa shape index (κ3) is 2.73. The third-order valence-corrected chi connectivity index (χ3v) is 4.73. The van der Waals surface area contributed by atoms with E-state index in [0.29, 0.717) is 11.5 Å². The van der Waals surface area contributed by atoms with Crippen LogP contribution in [0.3, 0.4) is 0 Å². The highest BCUT2D eigenvalue weighted by atomic mass is 15.1. The van der Waals surface area contributed by atoms with Crippen LogP contribution in [-0.4, -0.2) is 9.55 Å². The van der Waals surface area contributed by atoms with Gasteiger partial charge in [-0.05, 0) is 36.8 Å². The van der Waals surface area contributed by atoms with Gasteiger partial charge in [-0.15, -0.1) is 0 Å². The number of nitrogens with two attached hydrogens (primary N) is 1. The number of benzene rings is 1. The number of aryl methyl sites for hydroxylation is 1. The van der Waals surface area contributed by atoms with E-state index in [1.165, 1.54) is 25.7 Å². The third-order valence-electron chi connectivity index (χ3n) is 4.73. The molecular formula is C17H22N4. The van der Waals surface area contributed by atoms with Crippen molar-refractivity contribution >= 4 is 17.0 Å². The van der Waals surface area contributed by atoms with Gasteiger partial charge in [0.25, 0.3) is 0 Å². The minimum absolute atomic E-state index is 0.525. The number of aromatic nitrogens is 2. The maximum absolute atomic E-state index is 9.16. The zero-order valence-electron chi connectivity index (χ0n) is 12.5. The highest BCUT2D eigenvalue weighted by molar-refractivity contribution is 5.83. The van der Waals surface area contributed by atoms with Crippen molar-refractivity contribution in [3.05, 3.63) is 23.8 Å². The molecule has 1 aromatic heterocycles. The number of imidazole rings is 1. The van der Waals surface area contributed by atoms with Crippen LogP contribution in [0.25, 0.3) is 11.0 Å². The largest absolute Gasteiger partial charge is 0.369 e. The Hall–Kier alpha value is -2.02. The molecule has 0 spiro atoms. The van der Waals surface area contributed by atoms with E-state index in [2.05, 4.69) is 22.5 Å². The van der Waals surface area contributed by atoms with Crippen LogP contribution < -0.4 is 5.73 Å². The second-order valence-corrected chi connectivity index (χ2v) is 6.33. The minimum atomic E-state index is 0.525. The van der Waals surface area contributed by atoms with Crippen LogP contribution in [0.4, 0.5) is 5.95 Å². The maximum atomic E-state index is 9.16. The van der Waals surface area contributed by atoms with Crippen molar-refractivity contribution in [3.63, 3.8) is 0 Å². The van der Waals surface area contributed by atoms with Crippen LogP contribution in [0, 0.1) is 23.2 Å². The van der Waals surface area contributed by atoms with Crippen molar-refractivity contribution < 1.29 is 0 Å². The predicted molar refractivity (Wildman–Crippen MR) is 84.6 cm³/mol. The standard InChI is InChI=1S/C17H22N4/c1-12-4-2-5-13(10-12)8-9-21-15-7-3-6-14(11-18)16(15)20-17(21)19/h3,6-7,12-13H,2,4-5,8-10H2,1H3,(H2,19,20). The molecule has 1 aromatic carbocycles. The van der Waals surface area contributed by atoms with Gasteiger partial charge in [-0.3, -0.25) is 0 Å². The summed E-state index contributed by atoms with van der Waals surface area (Å²) in [5, 5.41) is 9.16. The summed E-state index contributed by atoms with van der Waals surface area (Å²) >= 11 is 0. The molecular weight excluding hydrogens is 260 g/mol. The zero-order valence-corrected chi connectivity index (χ0v) is 12.5. The molecule has 2 atom stereocenters. The first-order valence-electron chi connectivity index (χ1n) is 7.84. The molecule has 21 heavy (non-hydrogen) atoms. The first kappa shape index (κ1) is 13.9. The number of nitrogen functional groups attached to an aromatic ring is 1. The Balaban J connectivity index is 1.81. The molecule has 1 aliphatic rings. The average molecular weight is 282 g/mol. The van der Waals surface area contributed by atoms with E-state index in [1.807, 2.05) is 12.1 Å². The summed E-state index contributed by atoms with van der Waals surface area (Å²) in [5.41, 5.74) is 8.38. The van der Waals surface area contributed by atoms with Gasteiger partial charge >= 0.3 is 0 Å². The van der Waals surface area contributed by atoms with Crippen molar-refractivity contribution in [2.45, 2.75) is 45.6 Å². The molecule has 1 fully saturated rings. The molecule has 2 unspecified atom stereocenters. The van der Waals surface area contributed by atoms with E-state index in [-0.39, 0.29) is 0 Å². The van der Waals surface area contributed by atoms with Gasteiger partial charge in [0.05, 0.1) is 11.1 Å². The molecule has 4 nitrogen and oxygen atoms in total. The van der Waals surface area contributed by atoms with Gasteiger partial charge in [0.1, 0.15) is 11.6 Å². The average Bonchev–Trinajstić information content (AvgIpc) is 2.80. The lowest BCUT2D eigenvalue weighted by Gasteiger charge is -2.26. The summed E-state index contributed by atoms with van der Waals surface area (Å²) < 4.78 is 2.06. The molecule has 4 heteroatoms. The Morgan fingerprint density at radius 3 is 3.05 bits per heavy atom. The van der Waals surface area contributed by atoms with Crippen LogP contribution >= 0.6 is 0 Å². The summed E-state index contributed by atoms with van der Waals surface area (Å²) in [6, 6.07) is 7.89. The van der Waals surface area contributed by atoms with E-state index in [4.69, 9.17) is 11.0 Å². The molecule has 1 aliphatic carbocycles. The molecule has 3 rings (SSSR count). The Kier molecular flexibility index (Phi) is 3.83. The molecule has 1 saturated carbocycles. The fourth-order valence-corrected chi connectivity index (χ4v) is 3.62. The van der Waals surface area contributed by atoms with Crippen molar-refractivity contribution in [2.75, 3.05) is 5.73 Å². The van der Waals surface area contributed by atoms with Gasteiger partial charge in [0, 0.05) is 6.54 Å². The van der Waals surface area contributed by atoms with Crippen LogP contribution in [0.1, 0.15) is 44.6 Å². The van der Waals surface area contributed by atoms with Gasteiger partial charge in [-0.1, -0.05) is 32.3 Å². The van der Waals surface area contributed by atoms with Gasteiger partial charge in [-0.25, -0.2) is 4.98 Å². The van der Waals surface area contributed by atoms with Crippen molar-refractivity contribution in [2.24, 2.45) is 11.8 Å². The molecule has 0 aliphatic heterocycles. The number of hydrogen-bond donors (Lipinski definition) is 1. The topological polar surface area (TPSA) is 67.6 Å². The lowest BCUT2D eigenvalue weighted by atomic mass is 9.81. The summed E-state index contributed by atoms with van der Waals surface area (Å²) in [7, 11) is 0. The molecule has 0 radical (unpaired) electrons. The fraction of sp³-hybridized carbons (Fsp3) is 0.529. The molecule has 0 bridgehead atoms. The first-order chi connectivity index (χ1) is 10.2. The van der Waals surface area contributed by atoms with Crippen molar-refractivity contribution in [1.82, 2.24) is 9.55 Å². The molecule has 0 amide bonds. The number of rotatable bonds is 3. The van der Waals surface area contributed by atoms with E-state index < -0.39 is 0 Å². The lowest BCUT2D eigenvalue weighted by Crippen LogP contribution is -2.15. The number of nitriles is 1.